The van der Waals surface area contributed by atoms with Gasteiger partial charge in [-0.2, -0.15) is 4.98 Å². The van der Waals surface area contributed by atoms with Crippen molar-refractivity contribution < 1.29 is 0 Å². The summed E-state index contributed by atoms with van der Waals surface area (Å²) in [7, 11) is 1.82. The SMILES string of the molecule is Cc1[nH]n(C)c2nc(-c3ccncc3)nc(=O)c1-2. The first-order valence-electron chi connectivity index (χ1n) is 5.50. The van der Waals surface area contributed by atoms with Crippen LogP contribution in [-0.4, -0.2) is 24.7 Å². The Hall–Kier alpha value is -2.50. The monoisotopic (exact) mass is 241 g/mol. The Morgan fingerprint density at radius 1 is 1.22 bits per heavy atom. The summed E-state index contributed by atoms with van der Waals surface area (Å²) < 4.78 is 1.72. The van der Waals surface area contributed by atoms with Crippen molar-refractivity contribution in [3.05, 3.63) is 40.6 Å². The van der Waals surface area contributed by atoms with Crippen LogP contribution in [-0.2, 0) is 7.05 Å². The number of pyridine rings is 1. The molecule has 0 unspecified atom stereocenters. The van der Waals surface area contributed by atoms with E-state index in [4.69, 9.17) is 0 Å². The van der Waals surface area contributed by atoms with Crippen LogP contribution in [0.15, 0.2) is 29.3 Å². The van der Waals surface area contributed by atoms with Crippen molar-refractivity contribution in [1.29, 1.82) is 0 Å². The van der Waals surface area contributed by atoms with Crippen LogP contribution in [0.25, 0.3) is 22.8 Å². The zero-order valence-corrected chi connectivity index (χ0v) is 10.0. The summed E-state index contributed by atoms with van der Waals surface area (Å²) in [5.74, 6) is 1.03. The van der Waals surface area contributed by atoms with Crippen molar-refractivity contribution in [1.82, 2.24) is 24.7 Å². The van der Waals surface area contributed by atoms with Gasteiger partial charge in [-0.05, 0) is 19.1 Å². The number of nitrogens with one attached hydrogen (secondary N) is 1. The quantitative estimate of drug-likeness (QED) is 0.689. The van der Waals surface area contributed by atoms with E-state index in [1.807, 2.05) is 14.0 Å². The molecule has 2 aliphatic heterocycles. The minimum atomic E-state index is -0.263. The summed E-state index contributed by atoms with van der Waals surface area (Å²) in [5.41, 5.74) is 1.83. The Bertz CT molecular complexity index is 728. The van der Waals surface area contributed by atoms with Gasteiger partial charge < -0.3 is 5.10 Å². The highest BCUT2D eigenvalue weighted by Gasteiger charge is 2.19. The van der Waals surface area contributed by atoms with Crippen molar-refractivity contribution in [3.8, 4) is 22.8 Å². The largest absolute Gasteiger partial charge is 0.301 e. The molecule has 90 valence electrons. The number of H-pyrrole nitrogens is 1. The maximum absolute atomic E-state index is 12.0. The molecule has 0 aromatic carbocycles. The fraction of sp³-hybridized carbons (Fsp3) is 0.167. The minimum absolute atomic E-state index is 0.263. The van der Waals surface area contributed by atoms with Gasteiger partial charge in [-0.15, -0.1) is 0 Å². The molecule has 3 rings (SSSR count). The third-order valence-corrected chi connectivity index (χ3v) is 2.82. The highest BCUT2D eigenvalue weighted by molar-refractivity contribution is 5.63. The number of fused-ring (bicyclic) bond motifs is 1. The van der Waals surface area contributed by atoms with Crippen LogP contribution >= 0.6 is 0 Å². The van der Waals surface area contributed by atoms with E-state index in [-0.39, 0.29) is 5.56 Å². The number of hydrogen-bond acceptors (Lipinski definition) is 4. The van der Waals surface area contributed by atoms with E-state index in [2.05, 4.69) is 20.1 Å². The van der Waals surface area contributed by atoms with Gasteiger partial charge >= 0.3 is 0 Å². The van der Waals surface area contributed by atoms with E-state index < -0.39 is 0 Å². The Morgan fingerprint density at radius 2 is 1.94 bits per heavy atom. The number of rotatable bonds is 1. The molecule has 6 nitrogen and oxygen atoms in total. The molecule has 1 aromatic rings. The highest BCUT2D eigenvalue weighted by Crippen LogP contribution is 2.21. The fourth-order valence-corrected chi connectivity index (χ4v) is 1.99. The molecule has 1 aromatic heterocycles. The topological polar surface area (TPSA) is 76.5 Å². The summed E-state index contributed by atoms with van der Waals surface area (Å²) in [6.45, 7) is 1.83. The zero-order chi connectivity index (χ0) is 12.7. The van der Waals surface area contributed by atoms with E-state index in [1.54, 1.807) is 29.2 Å². The van der Waals surface area contributed by atoms with Crippen molar-refractivity contribution in [2.24, 2.45) is 7.05 Å². The summed E-state index contributed by atoms with van der Waals surface area (Å²) in [4.78, 5) is 24.4. The van der Waals surface area contributed by atoms with Gasteiger partial charge in [0.2, 0.25) is 0 Å². The number of aromatic nitrogens is 5. The molecule has 0 bridgehead atoms. The van der Waals surface area contributed by atoms with Crippen molar-refractivity contribution in [2.45, 2.75) is 6.92 Å². The van der Waals surface area contributed by atoms with E-state index in [0.29, 0.717) is 17.2 Å². The Kier molecular flexibility index (Phi) is 2.22. The van der Waals surface area contributed by atoms with E-state index >= 15 is 0 Å². The molecule has 0 saturated heterocycles. The molecule has 18 heavy (non-hydrogen) atoms. The van der Waals surface area contributed by atoms with Crippen molar-refractivity contribution >= 4 is 0 Å². The minimum Gasteiger partial charge on any atom is -0.301 e. The summed E-state index contributed by atoms with van der Waals surface area (Å²) in [6.07, 6.45) is 3.30. The molecule has 6 heteroatoms. The molecule has 1 N–H and O–H groups in total. The van der Waals surface area contributed by atoms with Gasteiger partial charge in [0.15, 0.2) is 11.6 Å². The predicted octanol–water partition coefficient (Wildman–Crippen LogP) is 0.979. The first-order valence-corrected chi connectivity index (χ1v) is 5.50. The highest BCUT2D eigenvalue weighted by atomic mass is 16.1. The van der Waals surface area contributed by atoms with Crippen LogP contribution in [0.1, 0.15) is 5.69 Å². The van der Waals surface area contributed by atoms with Crippen LogP contribution < -0.4 is 5.56 Å². The normalized spacial score (nSPS) is 11.0. The lowest BCUT2D eigenvalue weighted by molar-refractivity contribution is 0.752. The number of hydrogen-bond donors (Lipinski definition) is 1. The standard InChI is InChI=1S/C12H11N5O/c1-7-9-11(17(2)16-7)14-10(15-12(9)18)8-3-5-13-6-4-8/h3-6,16H,1-2H3. The summed E-state index contributed by atoms with van der Waals surface area (Å²) in [5, 5.41) is 3.04. The molecule has 0 saturated carbocycles. The molecule has 0 aliphatic carbocycles. The Labute approximate surface area is 103 Å². The van der Waals surface area contributed by atoms with Gasteiger partial charge in [0.25, 0.3) is 5.56 Å². The van der Waals surface area contributed by atoms with Crippen LogP contribution in [0.2, 0.25) is 0 Å². The van der Waals surface area contributed by atoms with Gasteiger partial charge in [-0.1, -0.05) is 0 Å². The third kappa shape index (κ3) is 1.50. The van der Waals surface area contributed by atoms with Gasteiger partial charge in [0, 0.05) is 30.7 Å². The zero-order valence-electron chi connectivity index (χ0n) is 10.0. The summed E-state index contributed by atoms with van der Waals surface area (Å²) in [6, 6.07) is 3.56. The average molecular weight is 241 g/mol. The van der Waals surface area contributed by atoms with Crippen molar-refractivity contribution in [2.75, 3.05) is 0 Å². The molecule has 0 amide bonds. The van der Waals surface area contributed by atoms with E-state index in [0.717, 1.165) is 11.3 Å². The lowest BCUT2D eigenvalue weighted by Crippen LogP contribution is -2.14. The van der Waals surface area contributed by atoms with Gasteiger partial charge in [-0.25, -0.2) is 4.98 Å². The number of aryl methyl sites for hydroxylation is 2. The first kappa shape index (κ1) is 10.6. The molecular weight excluding hydrogens is 230 g/mol. The molecule has 0 atom stereocenters. The Morgan fingerprint density at radius 3 is 2.67 bits per heavy atom. The lowest BCUT2D eigenvalue weighted by Gasteiger charge is -2.03. The molecule has 0 spiro atoms. The van der Waals surface area contributed by atoms with Crippen LogP contribution in [0.3, 0.4) is 0 Å². The third-order valence-electron chi connectivity index (χ3n) is 2.82. The predicted molar refractivity (Wildman–Crippen MR) is 66.2 cm³/mol. The maximum atomic E-state index is 12.0. The second-order valence-electron chi connectivity index (χ2n) is 4.08. The second kappa shape index (κ2) is 3.76. The lowest BCUT2D eigenvalue weighted by atomic mass is 10.2. The average Bonchev–Trinajstić information content (AvgIpc) is 2.66. The van der Waals surface area contributed by atoms with Gasteiger partial charge in [-0.3, -0.25) is 14.5 Å². The van der Waals surface area contributed by atoms with E-state index in [9.17, 15) is 4.79 Å². The summed E-state index contributed by atoms with van der Waals surface area (Å²) >= 11 is 0. The van der Waals surface area contributed by atoms with Crippen molar-refractivity contribution in [3.63, 3.8) is 0 Å². The van der Waals surface area contributed by atoms with Crippen LogP contribution in [0, 0.1) is 6.92 Å². The smallest absolute Gasteiger partial charge is 0.284 e. The number of aromatic amines is 1. The van der Waals surface area contributed by atoms with Gasteiger partial charge in [0.05, 0.1) is 0 Å². The molecule has 0 radical (unpaired) electrons. The molecule has 2 aliphatic rings. The first-order chi connectivity index (χ1) is 8.66. The van der Waals surface area contributed by atoms with Gasteiger partial charge in [0.1, 0.15) is 5.56 Å². The van der Waals surface area contributed by atoms with Crippen LogP contribution in [0.4, 0.5) is 0 Å². The molecule has 3 heterocycles. The second-order valence-corrected chi connectivity index (χ2v) is 4.08. The molecule has 0 fully saturated rings. The fourth-order valence-electron chi connectivity index (χ4n) is 1.99. The molecular formula is C12H11N5O. The maximum Gasteiger partial charge on any atom is 0.284 e. The van der Waals surface area contributed by atoms with Crippen LogP contribution in [0.5, 0.6) is 0 Å². The number of nitrogens with zero attached hydrogens (tertiary/aromatic N) is 4. The van der Waals surface area contributed by atoms with E-state index in [1.165, 1.54) is 0 Å². The Balaban J connectivity index is 2.31.